The Morgan fingerprint density at radius 1 is 0.950 bits per heavy atom. The topological polar surface area (TPSA) is 257 Å². The van der Waals surface area contributed by atoms with Gasteiger partial charge in [-0.3, -0.25) is 15.0 Å². The highest BCUT2D eigenvalue weighted by molar-refractivity contribution is 6.66. The smallest absolute Gasteiger partial charge is 0.262 e. The van der Waals surface area contributed by atoms with Crippen LogP contribution in [0.5, 0.6) is 11.5 Å². The summed E-state index contributed by atoms with van der Waals surface area (Å²) >= 11 is 0. The zero-order chi connectivity index (χ0) is 41.9. The first kappa shape index (κ1) is 39.9. The molecule has 1 spiro atoms. The molecule has 3 aromatic carbocycles. The van der Waals surface area contributed by atoms with Crippen LogP contribution in [0, 0.1) is 5.41 Å². The van der Waals surface area contributed by atoms with Crippen molar-refractivity contribution in [1.82, 2.24) is 0 Å². The number of carbonyl (C=O) groups is 3. The van der Waals surface area contributed by atoms with E-state index in [-0.39, 0.29) is 77.0 Å². The zero-order valence-electron chi connectivity index (χ0n) is 32.3. The second-order valence-corrected chi connectivity index (χ2v) is 15.9. The number of para-hydroxylation sites is 1. The summed E-state index contributed by atoms with van der Waals surface area (Å²) in [6.45, 7) is -0.413. The molecule has 1 saturated heterocycles. The fourth-order valence-corrected chi connectivity index (χ4v) is 9.43. The van der Waals surface area contributed by atoms with Gasteiger partial charge in [0.05, 0.1) is 17.3 Å². The highest BCUT2D eigenvalue weighted by atomic mass is 16.7. The Bertz CT molecular complexity index is 2370. The first-order chi connectivity index (χ1) is 29.0. The number of aliphatic hydroxyl groups excluding tert-OH is 4. The number of aliphatic hydroxyl groups is 4. The van der Waals surface area contributed by atoms with Crippen molar-refractivity contribution in [3.05, 3.63) is 88.0 Å². The number of rotatable bonds is 7. The summed E-state index contributed by atoms with van der Waals surface area (Å²) in [6.07, 6.45) is -5.58. The van der Waals surface area contributed by atoms with Gasteiger partial charge in [0, 0.05) is 52.7 Å². The lowest BCUT2D eigenvalue weighted by molar-refractivity contribution is -0.723. The molecule has 6 aliphatic rings. The molecule has 17 heteroatoms. The molecule has 2 aliphatic carbocycles. The van der Waals surface area contributed by atoms with Gasteiger partial charge in [-0.25, -0.2) is 14.9 Å². The van der Waals surface area contributed by atoms with E-state index in [2.05, 4.69) is 15.0 Å². The third kappa shape index (κ3) is 6.66. The van der Waals surface area contributed by atoms with Crippen molar-refractivity contribution in [2.45, 2.75) is 93.3 Å². The average molecular weight is 822 g/mol. The van der Waals surface area contributed by atoms with Crippen LogP contribution in [0.2, 0.25) is 0 Å². The Kier molecular flexibility index (Phi) is 10.5. The molecule has 9 rings (SSSR count). The minimum absolute atomic E-state index is 0.0292. The summed E-state index contributed by atoms with van der Waals surface area (Å²) < 4.78 is 26.2. The highest BCUT2D eigenvalue weighted by Crippen LogP contribution is 2.50. The van der Waals surface area contributed by atoms with Crippen LogP contribution < -0.4 is 19.5 Å². The first-order valence-electron chi connectivity index (χ1n) is 20.1. The standard InChI is InChI=1S/C43H43N5O12/c44-42-46-39-30(40(56)47-42)45-20-48(39)28-11-5-4-8-23(28)22-13-17-58-43(14-6-1-7-15-43)38-34(54)33(53)35(55)41(60-38)59-36-26(22)18-27-29(37(36)57-19-21(50)12-16-49)32(52)25-10-3-2-9-24(25)31(27)51/h2-5,8-11,16,18,21-22,33-35,38,41,50,53-55H,1,6-7,12-15,17,19-20H2,(H2,44,47,56). The number of ether oxygens (including phenoxy) is 4. The third-order valence-corrected chi connectivity index (χ3v) is 12.3. The van der Waals surface area contributed by atoms with E-state index >= 15 is 0 Å². The van der Waals surface area contributed by atoms with E-state index in [0.29, 0.717) is 35.3 Å². The maximum Gasteiger partial charge on any atom is 0.262 e. The van der Waals surface area contributed by atoms with Crippen molar-refractivity contribution in [3.8, 4) is 11.5 Å². The second kappa shape index (κ2) is 15.8. The van der Waals surface area contributed by atoms with Gasteiger partial charge in [-0.15, -0.1) is 0 Å². The van der Waals surface area contributed by atoms with Crippen LogP contribution in [-0.4, -0.2) is 124 Å². The van der Waals surface area contributed by atoms with E-state index in [9.17, 15) is 39.9 Å². The van der Waals surface area contributed by atoms with Crippen LogP contribution in [0.3, 0.4) is 0 Å². The predicted octanol–water partition coefficient (Wildman–Crippen LogP) is 0.266. The number of amidine groups is 1. The fraction of sp³-hybridized carbons (Fsp3) is 0.419. The van der Waals surface area contributed by atoms with Crippen molar-refractivity contribution < 1.29 is 63.8 Å². The molecule has 2 fully saturated rings. The molecule has 1 saturated carbocycles. The van der Waals surface area contributed by atoms with Crippen molar-refractivity contribution >= 4 is 46.9 Å². The van der Waals surface area contributed by atoms with Gasteiger partial charge in [0.25, 0.3) is 5.84 Å². The van der Waals surface area contributed by atoms with Crippen LogP contribution in [0.25, 0.3) is 0 Å². The maximum atomic E-state index is 14.5. The number of hydrogen-bond acceptors (Lipinski definition) is 14. The highest BCUT2D eigenvalue weighted by Gasteiger charge is 2.55. The number of nitrogens with one attached hydrogen (secondary N) is 2. The van der Waals surface area contributed by atoms with Crippen molar-refractivity contribution in [1.29, 1.82) is 5.41 Å². The molecule has 17 nitrogen and oxygen atoms in total. The number of ketones is 2. The number of guanidine groups is 1. The summed E-state index contributed by atoms with van der Waals surface area (Å²) in [7, 11) is 0. The Morgan fingerprint density at radius 2 is 1.68 bits per heavy atom. The summed E-state index contributed by atoms with van der Waals surface area (Å²) in [4.78, 5) is 53.4. The summed E-state index contributed by atoms with van der Waals surface area (Å²) in [5.41, 5.74) is 0.484. The lowest BCUT2D eigenvalue weighted by atomic mass is 9.76. The molecule has 0 radical (unpaired) electrons. The van der Waals surface area contributed by atoms with E-state index < -0.39 is 78.4 Å². The van der Waals surface area contributed by atoms with E-state index in [1.54, 1.807) is 36.4 Å². The number of fused-ring (bicyclic) bond motifs is 7. The Labute approximate surface area is 343 Å². The van der Waals surface area contributed by atoms with E-state index in [4.69, 9.17) is 24.4 Å². The van der Waals surface area contributed by atoms with E-state index in [1.165, 1.54) is 6.07 Å². The normalized spacial score (nSPS) is 28.7. The molecule has 4 heterocycles. The Morgan fingerprint density at radius 3 is 2.45 bits per heavy atom. The number of nitrogens with zero attached hydrogens (tertiary/aromatic N) is 3. The molecular formula is C43H43N5O12. The van der Waals surface area contributed by atoms with E-state index in [0.717, 1.165) is 19.3 Å². The van der Waals surface area contributed by atoms with E-state index in [1.807, 2.05) is 12.1 Å². The minimum atomic E-state index is -1.83. The van der Waals surface area contributed by atoms with Crippen molar-refractivity contribution in [3.63, 3.8) is 0 Å². The lowest BCUT2D eigenvalue weighted by Crippen LogP contribution is -3.09. The molecule has 312 valence electrons. The van der Waals surface area contributed by atoms with Gasteiger partial charge in [-0.1, -0.05) is 61.7 Å². The first-order valence-corrected chi connectivity index (χ1v) is 20.1. The Hall–Kier alpha value is -5.53. The maximum absolute atomic E-state index is 14.5. The second-order valence-electron chi connectivity index (χ2n) is 15.9. The molecule has 3 aromatic rings. The largest absolute Gasteiger partial charge is 0.857 e. The van der Waals surface area contributed by atoms with Crippen LogP contribution >= 0.6 is 0 Å². The van der Waals surface area contributed by atoms with Gasteiger partial charge in [0.2, 0.25) is 12.2 Å². The molecule has 4 aliphatic heterocycles. The summed E-state index contributed by atoms with van der Waals surface area (Å²) in [5.74, 6) is -3.21. The predicted molar refractivity (Wildman–Crippen MR) is 209 cm³/mol. The number of hydrogen-bond donors (Lipinski definition) is 6. The summed E-state index contributed by atoms with van der Waals surface area (Å²) in [5, 5.41) is 66.2. The molecule has 2 bridgehead atoms. The van der Waals surface area contributed by atoms with Gasteiger partial charge in [0.15, 0.2) is 35.4 Å². The van der Waals surface area contributed by atoms with Crippen LogP contribution in [0.15, 0.2) is 69.6 Å². The van der Waals surface area contributed by atoms with Crippen molar-refractivity contribution in [2.24, 2.45) is 15.0 Å². The van der Waals surface area contributed by atoms with Crippen molar-refractivity contribution in [2.75, 3.05) is 19.9 Å². The van der Waals surface area contributed by atoms with Gasteiger partial charge in [-0.2, -0.15) is 4.99 Å². The fourth-order valence-electron chi connectivity index (χ4n) is 9.43. The monoisotopic (exact) mass is 821 g/mol. The van der Waals surface area contributed by atoms with Gasteiger partial charge in [-0.05, 0) is 31.4 Å². The lowest BCUT2D eigenvalue weighted by Gasteiger charge is -2.50. The number of quaternary nitrogens is 1. The van der Waals surface area contributed by atoms with Gasteiger partial charge < -0.3 is 49.3 Å². The number of aldehydes is 1. The number of aliphatic imine (C=N–C) groups is 3. The summed E-state index contributed by atoms with van der Waals surface area (Å²) in [6, 6.07) is 15.1. The molecule has 0 amide bonds. The number of carbonyl (C=O) groups excluding carboxylic acids is 3. The van der Waals surface area contributed by atoms with Crippen LogP contribution in [-0.2, 0) is 14.3 Å². The Balaban J connectivity index is 1.29. The van der Waals surface area contributed by atoms with Crippen LogP contribution in [0.1, 0.15) is 93.8 Å². The molecule has 60 heavy (non-hydrogen) atoms. The molecule has 8 unspecified atom stereocenters. The molecule has 8 atom stereocenters. The molecule has 0 aromatic heterocycles. The third-order valence-electron chi connectivity index (χ3n) is 12.3. The van der Waals surface area contributed by atoms with Crippen LogP contribution in [0.4, 0.5) is 5.69 Å². The quantitative estimate of drug-likeness (QED) is 0.137. The molecular weight excluding hydrogens is 778 g/mol. The van der Waals surface area contributed by atoms with Gasteiger partial charge in [0.1, 0.15) is 43.0 Å². The zero-order valence-corrected chi connectivity index (χ0v) is 32.3. The number of benzene rings is 3. The SMILES string of the molecule is N=C1N=C([O-])C2=NC[NH+](c3ccccc3C3CCOC4(CCCCC4)C4OC(Oc5c3cc3c(c5OCC(O)CC=O)C(=O)c5ccccc5C3=O)C(O)C(O)C4O)C2=N1. The average Bonchev–Trinajstić information content (AvgIpc) is 3.67. The van der Waals surface area contributed by atoms with Gasteiger partial charge >= 0.3 is 0 Å². The minimum Gasteiger partial charge on any atom is -0.857 e. The molecule has 6 N–H and O–H groups in total.